The maximum absolute atomic E-state index is 11.5. The highest BCUT2D eigenvalue weighted by atomic mass is 16.6. The van der Waals surface area contributed by atoms with E-state index in [0.29, 0.717) is 6.29 Å². The Labute approximate surface area is 116 Å². The second-order valence-electron chi connectivity index (χ2n) is 4.26. The summed E-state index contributed by atoms with van der Waals surface area (Å²) >= 11 is 0. The molecule has 0 bridgehead atoms. The first-order valence-electron chi connectivity index (χ1n) is 6.13. The van der Waals surface area contributed by atoms with Gasteiger partial charge in [-0.25, -0.2) is 0 Å². The van der Waals surface area contributed by atoms with E-state index in [4.69, 9.17) is 4.74 Å². The topological polar surface area (TPSA) is 98.5 Å². The van der Waals surface area contributed by atoms with E-state index in [2.05, 4.69) is 5.32 Å². The molecule has 0 aliphatic carbocycles. The number of aldehydes is 1. The van der Waals surface area contributed by atoms with Crippen molar-refractivity contribution in [2.45, 2.75) is 26.3 Å². The van der Waals surface area contributed by atoms with Gasteiger partial charge in [-0.2, -0.15) is 0 Å². The zero-order valence-electron chi connectivity index (χ0n) is 11.3. The molecule has 0 aromatic heterocycles. The van der Waals surface area contributed by atoms with Crippen LogP contribution in [0.5, 0.6) is 5.75 Å². The number of carbonyl (C=O) groups is 2. The van der Waals surface area contributed by atoms with Crippen molar-refractivity contribution in [1.29, 1.82) is 0 Å². The number of non-ortho nitro benzene ring substituents is 1. The summed E-state index contributed by atoms with van der Waals surface area (Å²) in [5.41, 5.74) is -0.168. The van der Waals surface area contributed by atoms with Crippen molar-refractivity contribution in [3.63, 3.8) is 0 Å². The molecule has 1 rings (SSSR count). The molecule has 20 heavy (non-hydrogen) atoms. The summed E-state index contributed by atoms with van der Waals surface area (Å²) in [6.45, 7) is 3.55. The Kier molecular flexibility index (Phi) is 5.64. The van der Waals surface area contributed by atoms with Crippen molar-refractivity contribution in [2.24, 2.45) is 0 Å². The van der Waals surface area contributed by atoms with Crippen molar-refractivity contribution in [2.75, 3.05) is 6.61 Å². The lowest BCUT2D eigenvalue weighted by Gasteiger charge is -2.12. The number of benzene rings is 1. The highest BCUT2D eigenvalue weighted by Crippen LogP contribution is 2.22. The van der Waals surface area contributed by atoms with Crippen LogP contribution in [0.4, 0.5) is 5.69 Å². The Hall–Kier alpha value is -2.44. The number of nitro groups is 1. The summed E-state index contributed by atoms with van der Waals surface area (Å²) in [5, 5.41) is 13.3. The molecule has 0 aliphatic rings. The van der Waals surface area contributed by atoms with Crippen LogP contribution >= 0.6 is 0 Å². The Morgan fingerprint density at radius 3 is 2.80 bits per heavy atom. The van der Waals surface area contributed by atoms with Crippen LogP contribution in [-0.4, -0.2) is 29.8 Å². The fourth-order valence-electron chi connectivity index (χ4n) is 1.43. The first-order chi connectivity index (χ1) is 9.47. The molecule has 0 fully saturated rings. The molecule has 0 radical (unpaired) electrons. The molecule has 0 unspecified atom stereocenters. The van der Waals surface area contributed by atoms with Gasteiger partial charge in [0.25, 0.3) is 11.6 Å². The zero-order valence-corrected chi connectivity index (χ0v) is 11.3. The minimum Gasteiger partial charge on any atom is -0.483 e. The smallest absolute Gasteiger partial charge is 0.270 e. The largest absolute Gasteiger partial charge is 0.483 e. The van der Waals surface area contributed by atoms with Crippen molar-refractivity contribution >= 4 is 17.9 Å². The molecule has 0 spiro atoms. The fraction of sp³-hybridized carbons (Fsp3) is 0.385. The van der Waals surface area contributed by atoms with Gasteiger partial charge >= 0.3 is 0 Å². The molecule has 108 valence electrons. The van der Waals surface area contributed by atoms with Crippen LogP contribution in [0.15, 0.2) is 18.2 Å². The van der Waals surface area contributed by atoms with Gasteiger partial charge in [-0.1, -0.05) is 6.92 Å². The van der Waals surface area contributed by atoms with Gasteiger partial charge in [-0.05, 0) is 19.4 Å². The predicted molar refractivity (Wildman–Crippen MR) is 71.9 cm³/mol. The minimum absolute atomic E-state index is 0.0357. The van der Waals surface area contributed by atoms with Crippen LogP contribution in [0.3, 0.4) is 0 Å². The van der Waals surface area contributed by atoms with Crippen molar-refractivity contribution in [3.8, 4) is 5.75 Å². The normalized spacial score (nSPS) is 11.5. The van der Waals surface area contributed by atoms with E-state index < -0.39 is 4.92 Å². The first kappa shape index (κ1) is 15.6. The van der Waals surface area contributed by atoms with Crippen LogP contribution in [0, 0.1) is 10.1 Å². The van der Waals surface area contributed by atoms with Gasteiger partial charge in [0.1, 0.15) is 5.75 Å². The Morgan fingerprint density at radius 1 is 1.55 bits per heavy atom. The van der Waals surface area contributed by atoms with E-state index in [9.17, 15) is 19.7 Å². The Bertz CT molecular complexity index is 515. The molecule has 0 aliphatic heterocycles. The third-order valence-electron chi connectivity index (χ3n) is 2.71. The van der Waals surface area contributed by atoms with Crippen LogP contribution in [0.1, 0.15) is 30.6 Å². The molecule has 1 N–H and O–H groups in total. The molecule has 1 aromatic rings. The van der Waals surface area contributed by atoms with E-state index in [0.717, 1.165) is 12.5 Å². The van der Waals surface area contributed by atoms with Gasteiger partial charge in [0, 0.05) is 18.2 Å². The second kappa shape index (κ2) is 7.22. The van der Waals surface area contributed by atoms with Gasteiger partial charge in [0.2, 0.25) is 0 Å². The van der Waals surface area contributed by atoms with Gasteiger partial charge < -0.3 is 10.1 Å². The molecule has 0 saturated heterocycles. The number of nitrogens with zero attached hydrogens (tertiary/aromatic N) is 1. The summed E-state index contributed by atoms with van der Waals surface area (Å²) < 4.78 is 5.20. The molecule has 7 heteroatoms. The number of nitro benzene ring substituents is 1. The van der Waals surface area contributed by atoms with Crippen LogP contribution in [0.2, 0.25) is 0 Å². The van der Waals surface area contributed by atoms with Gasteiger partial charge in [-0.15, -0.1) is 0 Å². The second-order valence-corrected chi connectivity index (χ2v) is 4.26. The lowest BCUT2D eigenvalue weighted by atomic mass is 10.2. The summed E-state index contributed by atoms with van der Waals surface area (Å²) in [5.74, 6) is -0.167. The van der Waals surface area contributed by atoms with E-state index in [-0.39, 0.29) is 35.6 Å². The molecule has 0 saturated carbocycles. The molecular weight excluding hydrogens is 264 g/mol. The first-order valence-corrected chi connectivity index (χ1v) is 6.13. The Morgan fingerprint density at radius 2 is 2.25 bits per heavy atom. The maximum Gasteiger partial charge on any atom is 0.270 e. The third kappa shape index (κ3) is 4.34. The standard InChI is InChI=1S/C13H16N2O5/c1-3-9(2)14-13(17)8-20-12-5-4-11(15(18)19)6-10(12)7-16/h4-7,9H,3,8H2,1-2H3,(H,14,17)/t9-/m1/s1. The van der Waals surface area contributed by atoms with Gasteiger partial charge in [0.15, 0.2) is 12.9 Å². The SMILES string of the molecule is CC[C@@H](C)NC(=O)COc1ccc([N+](=O)[O-])cc1C=O. The average molecular weight is 280 g/mol. The lowest BCUT2D eigenvalue weighted by molar-refractivity contribution is -0.384. The molecular formula is C13H16N2O5. The number of ether oxygens (including phenoxy) is 1. The van der Waals surface area contributed by atoms with Crippen LogP contribution in [-0.2, 0) is 4.79 Å². The summed E-state index contributed by atoms with van der Waals surface area (Å²) in [6, 6.07) is 3.66. The minimum atomic E-state index is -0.605. The highest BCUT2D eigenvalue weighted by Gasteiger charge is 2.13. The molecule has 7 nitrogen and oxygen atoms in total. The number of carbonyl (C=O) groups excluding carboxylic acids is 2. The third-order valence-corrected chi connectivity index (χ3v) is 2.71. The maximum atomic E-state index is 11.5. The van der Waals surface area contributed by atoms with E-state index in [1.165, 1.54) is 12.1 Å². The number of hydrogen-bond acceptors (Lipinski definition) is 5. The van der Waals surface area contributed by atoms with E-state index >= 15 is 0 Å². The van der Waals surface area contributed by atoms with Crippen molar-refractivity contribution in [3.05, 3.63) is 33.9 Å². The van der Waals surface area contributed by atoms with Crippen LogP contribution in [0.25, 0.3) is 0 Å². The quantitative estimate of drug-likeness (QED) is 0.465. The number of rotatable bonds is 7. The summed E-state index contributed by atoms with van der Waals surface area (Å²) in [4.78, 5) is 32.4. The lowest BCUT2D eigenvalue weighted by Crippen LogP contribution is -2.35. The molecule has 0 heterocycles. The summed E-state index contributed by atoms with van der Waals surface area (Å²) in [7, 11) is 0. The fourth-order valence-corrected chi connectivity index (χ4v) is 1.43. The van der Waals surface area contributed by atoms with Gasteiger partial charge in [0.05, 0.1) is 10.5 Å². The predicted octanol–water partition coefficient (Wildman–Crippen LogP) is 1.70. The Balaban J connectivity index is 2.70. The zero-order chi connectivity index (χ0) is 15.1. The summed E-state index contributed by atoms with van der Waals surface area (Å²) in [6.07, 6.45) is 1.25. The van der Waals surface area contributed by atoms with Crippen LogP contribution < -0.4 is 10.1 Å². The average Bonchev–Trinajstić information content (AvgIpc) is 2.44. The van der Waals surface area contributed by atoms with Crippen molar-refractivity contribution < 1.29 is 19.2 Å². The van der Waals surface area contributed by atoms with Crippen molar-refractivity contribution in [1.82, 2.24) is 5.32 Å². The van der Waals surface area contributed by atoms with E-state index in [1.807, 2.05) is 13.8 Å². The monoisotopic (exact) mass is 280 g/mol. The van der Waals surface area contributed by atoms with E-state index in [1.54, 1.807) is 0 Å². The molecule has 1 atom stereocenters. The number of amides is 1. The highest BCUT2D eigenvalue weighted by molar-refractivity contribution is 5.82. The number of hydrogen-bond donors (Lipinski definition) is 1. The van der Waals surface area contributed by atoms with Gasteiger partial charge in [-0.3, -0.25) is 19.7 Å². The number of nitrogens with one attached hydrogen (secondary N) is 1. The molecule has 1 aromatic carbocycles. The molecule has 1 amide bonds.